The smallest absolute Gasteiger partial charge is 0.315 e. The first-order valence-corrected chi connectivity index (χ1v) is 14.4. The molecule has 5 nitrogen and oxygen atoms in total. The van der Waals surface area contributed by atoms with Crippen LogP contribution < -0.4 is 10.6 Å². The minimum absolute atomic E-state index is 0.0303. The summed E-state index contributed by atoms with van der Waals surface area (Å²) >= 11 is 4.51. The Morgan fingerprint density at radius 2 is 2.00 bits per heavy atom. The summed E-state index contributed by atoms with van der Waals surface area (Å²) in [4.78, 5) is 23.9. The number of amides is 2. The normalized spacial score (nSPS) is 30.6. The number of thiol groups is 1. The zero-order valence-electron chi connectivity index (χ0n) is 22.1. The first-order valence-electron chi connectivity index (χ1n) is 13.9. The third kappa shape index (κ3) is 5.11. The summed E-state index contributed by atoms with van der Waals surface area (Å²) in [6.07, 6.45) is 10.2. The highest BCUT2D eigenvalue weighted by Crippen LogP contribution is 2.66. The van der Waals surface area contributed by atoms with Crippen molar-refractivity contribution >= 4 is 24.4 Å². The molecule has 6 atom stereocenters. The molecular formula is C32H38N2O3S. The predicted molar refractivity (Wildman–Crippen MR) is 154 cm³/mol. The lowest BCUT2D eigenvalue weighted by molar-refractivity contribution is -0.114. The molecule has 0 aliphatic heterocycles. The lowest BCUT2D eigenvalue weighted by Gasteiger charge is -2.53. The molecule has 2 amide bonds. The van der Waals surface area contributed by atoms with Crippen LogP contribution in [0.4, 0.5) is 4.79 Å². The number of carbonyl (C=O) groups excluding carboxylic acids is 2. The Morgan fingerprint density at radius 3 is 2.74 bits per heavy atom. The molecule has 5 rings (SSSR count). The number of rotatable bonds is 5. The number of hydrogen-bond donors (Lipinski definition) is 4. The van der Waals surface area contributed by atoms with Crippen molar-refractivity contribution in [3.05, 3.63) is 70.8 Å². The van der Waals surface area contributed by atoms with Crippen LogP contribution in [0.3, 0.4) is 0 Å². The summed E-state index contributed by atoms with van der Waals surface area (Å²) in [6, 6.07) is 8.27. The molecule has 0 spiro atoms. The van der Waals surface area contributed by atoms with Crippen LogP contribution in [0.25, 0.3) is 0 Å². The lowest BCUT2D eigenvalue weighted by atomic mass is 9.52. The Labute approximate surface area is 231 Å². The van der Waals surface area contributed by atoms with Crippen LogP contribution in [0.1, 0.15) is 68.9 Å². The highest BCUT2D eigenvalue weighted by atomic mass is 32.1. The van der Waals surface area contributed by atoms with Crippen LogP contribution in [0.2, 0.25) is 0 Å². The molecule has 1 aromatic carbocycles. The molecule has 1 aromatic rings. The molecule has 4 unspecified atom stereocenters. The highest BCUT2D eigenvalue weighted by molar-refractivity contribution is 7.80. The topological polar surface area (TPSA) is 78.4 Å². The maximum Gasteiger partial charge on any atom is 0.315 e. The van der Waals surface area contributed by atoms with Gasteiger partial charge in [-0.15, -0.1) is 19.2 Å². The molecule has 4 aliphatic carbocycles. The summed E-state index contributed by atoms with van der Waals surface area (Å²) in [5.74, 6) is 7.92. The molecule has 200 valence electrons. The van der Waals surface area contributed by atoms with Crippen LogP contribution in [0, 0.1) is 35.0 Å². The maximum absolute atomic E-state index is 12.2. The standard InChI is InChI=1S/C32H38N2O3S/c1-3-16-33-31(37)34-17-4-5-20-6-8-21(9-7-20)26-19-32(2)27(14-15-28(32)30(36)38)25-12-10-22-18-23(35)11-13-24(22)29(25)26/h3,6-9,18,25-28,30,36,38H,1,10-17,19H2,2H3,(H2,33,34,37)/t25?,26-,27?,28?,30?,32+/m1/s1. The van der Waals surface area contributed by atoms with E-state index in [9.17, 15) is 14.7 Å². The van der Waals surface area contributed by atoms with E-state index in [1.165, 1.54) is 16.7 Å². The van der Waals surface area contributed by atoms with Gasteiger partial charge in [0.05, 0.1) is 12.0 Å². The monoisotopic (exact) mass is 530 g/mol. The van der Waals surface area contributed by atoms with E-state index in [4.69, 9.17) is 0 Å². The van der Waals surface area contributed by atoms with E-state index < -0.39 is 5.44 Å². The number of carbonyl (C=O) groups is 2. The van der Waals surface area contributed by atoms with Gasteiger partial charge in [0, 0.05) is 24.4 Å². The third-order valence-corrected chi connectivity index (χ3v) is 9.81. The van der Waals surface area contributed by atoms with E-state index in [0.717, 1.165) is 44.1 Å². The zero-order chi connectivity index (χ0) is 26.9. The largest absolute Gasteiger partial charge is 0.382 e. The average Bonchev–Trinajstić information content (AvgIpc) is 3.26. The summed E-state index contributed by atoms with van der Waals surface area (Å²) in [5, 5.41) is 16.0. The molecule has 0 bridgehead atoms. The molecule has 0 radical (unpaired) electrons. The van der Waals surface area contributed by atoms with Crippen molar-refractivity contribution in [1.82, 2.24) is 10.6 Å². The summed E-state index contributed by atoms with van der Waals surface area (Å²) in [7, 11) is 0. The van der Waals surface area contributed by atoms with Crippen LogP contribution in [-0.4, -0.2) is 35.4 Å². The number of benzene rings is 1. The Hall–Kier alpha value is -2.75. The number of fused-ring (bicyclic) bond motifs is 4. The molecule has 2 saturated carbocycles. The van der Waals surface area contributed by atoms with Gasteiger partial charge in [-0.25, -0.2) is 4.79 Å². The van der Waals surface area contributed by atoms with E-state index in [2.05, 4.69) is 72.9 Å². The Morgan fingerprint density at radius 1 is 1.21 bits per heavy atom. The number of aliphatic hydroxyl groups excluding tert-OH is 1. The summed E-state index contributed by atoms with van der Waals surface area (Å²) in [5.41, 5.74) is 5.87. The van der Waals surface area contributed by atoms with Crippen LogP contribution in [0.5, 0.6) is 0 Å². The summed E-state index contributed by atoms with van der Waals surface area (Å²) < 4.78 is 0. The van der Waals surface area contributed by atoms with Gasteiger partial charge < -0.3 is 15.7 Å². The van der Waals surface area contributed by atoms with Gasteiger partial charge in [-0.3, -0.25) is 4.79 Å². The van der Waals surface area contributed by atoms with E-state index in [1.54, 1.807) is 11.6 Å². The molecule has 0 heterocycles. The van der Waals surface area contributed by atoms with Gasteiger partial charge in [0.25, 0.3) is 0 Å². The first-order chi connectivity index (χ1) is 18.3. The fraction of sp³-hybridized carbons (Fsp3) is 0.500. The fourth-order valence-corrected chi connectivity index (χ4v) is 8.27. The van der Waals surface area contributed by atoms with Crippen molar-refractivity contribution in [2.45, 2.75) is 63.2 Å². The molecule has 4 aliphatic rings. The Balaban J connectivity index is 1.43. The van der Waals surface area contributed by atoms with E-state index in [1.807, 2.05) is 6.08 Å². The minimum Gasteiger partial charge on any atom is -0.382 e. The van der Waals surface area contributed by atoms with Gasteiger partial charge in [-0.1, -0.05) is 42.5 Å². The summed E-state index contributed by atoms with van der Waals surface area (Å²) in [6.45, 7) is 6.66. The van der Waals surface area contributed by atoms with Gasteiger partial charge in [0.15, 0.2) is 5.78 Å². The van der Waals surface area contributed by atoms with Gasteiger partial charge >= 0.3 is 6.03 Å². The van der Waals surface area contributed by atoms with Crippen LogP contribution >= 0.6 is 12.6 Å². The number of aliphatic hydroxyl groups is 1. The van der Waals surface area contributed by atoms with Crippen molar-refractivity contribution in [2.24, 2.45) is 23.2 Å². The van der Waals surface area contributed by atoms with E-state index >= 15 is 0 Å². The number of ketones is 1. The molecule has 0 aromatic heterocycles. The quantitative estimate of drug-likeness (QED) is 0.181. The first kappa shape index (κ1) is 26.8. The Bertz CT molecular complexity index is 1240. The number of allylic oxidation sites excluding steroid dienone is 4. The number of urea groups is 1. The number of hydrogen-bond acceptors (Lipinski definition) is 4. The molecule has 2 fully saturated rings. The Kier molecular flexibility index (Phi) is 7.88. The average molecular weight is 531 g/mol. The van der Waals surface area contributed by atoms with Gasteiger partial charge in [-0.2, -0.15) is 0 Å². The predicted octanol–water partition coefficient (Wildman–Crippen LogP) is 5.29. The van der Waals surface area contributed by atoms with Gasteiger partial charge in [-0.05, 0) is 96.6 Å². The second-order valence-corrected chi connectivity index (χ2v) is 12.0. The van der Waals surface area contributed by atoms with Crippen molar-refractivity contribution in [2.75, 3.05) is 13.1 Å². The van der Waals surface area contributed by atoms with E-state index in [-0.39, 0.29) is 35.6 Å². The zero-order valence-corrected chi connectivity index (χ0v) is 23.0. The minimum atomic E-state index is -0.601. The second-order valence-electron chi connectivity index (χ2n) is 11.5. The highest BCUT2D eigenvalue weighted by Gasteiger charge is 2.57. The van der Waals surface area contributed by atoms with Gasteiger partial charge in [0.1, 0.15) is 0 Å². The fourth-order valence-electron chi connectivity index (χ4n) is 7.78. The lowest BCUT2D eigenvalue weighted by Crippen LogP contribution is -2.45. The molecule has 0 saturated heterocycles. The SMILES string of the molecule is C=CCNC(=O)NCC#Cc1ccc([C@H]2C[C@]3(C)C(C(O)S)CCC3C3CCC4=CC(=O)CCC4=C32)cc1. The number of nitrogens with one attached hydrogen (secondary N) is 2. The van der Waals surface area contributed by atoms with Crippen LogP contribution in [-0.2, 0) is 4.79 Å². The van der Waals surface area contributed by atoms with Crippen LogP contribution in [0.15, 0.2) is 59.7 Å². The second kappa shape index (κ2) is 11.2. The van der Waals surface area contributed by atoms with Crippen molar-refractivity contribution in [3.8, 4) is 11.8 Å². The molecular weight excluding hydrogens is 492 g/mol. The molecule has 6 heteroatoms. The van der Waals surface area contributed by atoms with Gasteiger partial charge in [0.2, 0.25) is 0 Å². The maximum atomic E-state index is 12.2. The van der Waals surface area contributed by atoms with E-state index in [0.29, 0.717) is 24.8 Å². The van der Waals surface area contributed by atoms with Crippen molar-refractivity contribution in [1.29, 1.82) is 0 Å². The van der Waals surface area contributed by atoms with Crippen molar-refractivity contribution in [3.63, 3.8) is 0 Å². The van der Waals surface area contributed by atoms with Crippen molar-refractivity contribution < 1.29 is 14.7 Å². The third-order valence-electron chi connectivity index (χ3n) is 9.45. The molecule has 38 heavy (non-hydrogen) atoms. The molecule has 3 N–H and O–H groups in total.